The summed E-state index contributed by atoms with van der Waals surface area (Å²) in [5, 5.41) is 6.18. The maximum Gasteiger partial charge on any atom is 0.321 e. The first-order chi connectivity index (χ1) is 12.1. The molecule has 2 N–H and O–H groups in total. The van der Waals surface area contributed by atoms with E-state index in [0.717, 1.165) is 17.8 Å². The maximum absolute atomic E-state index is 13.6. The molecule has 0 aliphatic carbocycles. The Labute approximate surface area is 141 Å². The molecule has 0 radical (unpaired) electrons. The Morgan fingerprint density at radius 2 is 1.96 bits per heavy atom. The van der Waals surface area contributed by atoms with Gasteiger partial charge in [-0.1, -0.05) is 6.07 Å². The van der Waals surface area contributed by atoms with Crippen molar-refractivity contribution in [2.24, 2.45) is 0 Å². The monoisotopic (exact) mass is 341 g/mol. The molecule has 2 amide bonds. The third kappa shape index (κ3) is 2.82. The van der Waals surface area contributed by atoms with Crippen LogP contribution < -0.4 is 15.5 Å². The van der Waals surface area contributed by atoms with Crippen molar-refractivity contribution in [1.82, 2.24) is 15.3 Å². The van der Waals surface area contributed by atoms with Crippen molar-refractivity contribution in [3.05, 3.63) is 54.4 Å². The minimum atomic E-state index is -0.965. The Hall–Kier alpha value is -3.29. The van der Waals surface area contributed by atoms with Gasteiger partial charge in [-0.3, -0.25) is 4.90 Å². The molecule has 1 saturated heterocycles. The Morgan fingerprint density at radius 1 is 1.12 bits per heavy atom. The summed E-state index contributed by atoms with van der Waals surface area (Å²) in [6.45, 7) is 1.18. The van der Waals surface area contributed by atoms with Crippen LogP contribution in [0.3, 0.4) is 0 Å². The highest BCUT2D eigenvalue weighted by Crippen LogP contribution is 2.27. The number of fused-ring (bicyclic) bond motifs is 1. The Balaban J connectivity index is 1.70. The number of hydrogen-bond acceptors (Lipinski definition) is 4. The van der Waals surface area contributed by atoms with Gasteiger partial charge in [-0.25, -0.2) is 23.5 Å². The van der Waals surface area contributed by atoms with Gasteiger partial charge in [0, 0.05) is 35.9 Å². The van der Waals surface area contributed by atoms with Crippen molar-refractivity contribution < 1.29 is 13.6 Å². The third-order valence-electron chi connectivity index (χ3n) is 3.95. The van der Waals surface area contributed by atoms with Crippen LogP contribution in [0.4, 0.5) is 30.8 Å². The number of urea groups is 1. The molecule has 8 heteroatoms. The van der Waals surface area contributed by atoms with E-state index >= 15 is 0 Å². The number of nitrogens with one attached hydrogen (secondary N) is 2. The lowest BCUT2D eigenvalue weighted by Gasteiger charge is -2.16. The van der Waals surface area contributed by atoms with E-state index in [4.69, 9.17) is 0 Å². The summed E-state index contributed by atoms with van der Waals surface area (Å²) < 4.78 is 26.9. The predicted octanol–water partition coefficient (Wildman–Crippen LogP) is 3.18. The van der Waals surface area contributed by atoms with E-state index in [2.05, 4.69) is 20.6 Å². The van der Waals surface area contributed by atoms with Gasteiger partial charge < -0.3 is 10.6 Å². The zero-order chi connectivity index (χ0) is 17.4. The number of benzene rings is 2. The second-order valence-corrected chi connectivity index (χ2v) is 5.56. The van der Waals surface area contributed by atoms with Crippen molar-refractivity contribution >= 4 is 34.1 Å². The minimum absolute atomic E-state index is 0.151. The van der Waals surface area contributed by atoms with Crippen molar-refractivity contribution in [1.29, 1.82) is 0 Å². The molecule has 2 aromatic carbocycles. The quantitative estimate of drug-likeness (QED) is 0.768. The third-order valence-corrected chi connectivity index (χ3v) is 3.95. The molecule has 0 bridgehead atoms. The Morgan fingerprint density at radius 3 is 2.76 bits per heavy atom. The molecule has 0 saturated carbocycles. The fourth-order valence-electron chi connectivity index (χ4n) is 2.76. The summed E-state index contributed by atoms with van der Waals surface area (Å²) in [5.41, 5.74) is 1.70. The van der Waals surface area contributed by atoms with Crippen molar-refractivity contribution in [3.63, 3.8) is 0 Å². The molecule has 3 aromatic rings. The minimum Gasteiger partial charge on any atom is -0.340 e. The molecule has 1 aromatic heterocycles. The van der Waals surface area contributed by atoms with E-state index in [-0.39, 0.29) is 6.03 Å². The SMILES string of the molecule is O=C1NCCN1c1cccc(Nc2ncnc3cc(F)c(F)cc23)c1. The molecule has 25 heavy (non-hydrogen) atoms. The molecular weight excluding hydrogens is 328 g/mol. The smallest absolute Gasteiger partial charge is 0.321 e. The number of aromatic nitrogens is 2. The van der Waals surface area contributed by atoms with Crippen LogP contribution in [0.25, 0.3) is 10.9 Å². The van der Waals surface area contributed by atoms with Gasteiger partial charge in [-0.2, -0.15) is 0 Å². The standard InChI is InChI=1S/C17H13F2N5O/c18-13-7-12-15(8-14(13)19)21-9-22-16(12)23-10-2-1-3-11(6-10)24-5-4-20-17(24)25/h1-3,6-9H,4-5H2,(H,20,25)(H,21,22,23). The van der Waals surface area contributed by atoms with Gasteiger partial charge in [-0.05, 0) is 24.3 Å². The van der Waals surface area contributed by atoms with Crippen LogP contribution in [0, 0.1) is 11.6 Å². The molecule has 0 atom stereocenters. The van der Waals surface area contributed by atoms with Crippen molar-refractivity contribution in [2.45, 2.75) is 0 Å². The first-order valence-corrected chi connectivity index (χ1v) is 7.64. The van der Waals surface area contributed by atoms with Crippen LogP contribution in [0.2, 0.25) is 0 Å². The van der Waals surface area contributed by atoms with E-state index in [1.54, 1.807) is 23.1 Å². The fourth-order valence-corrected chi connectivity index (χ4v) is 2.76. The van der Waals surface area contributed by atoms with E-state index in [0.29, 0.717) is 35.5 Å². The van der Waals surface area contributed by atoms with E-state index < -0.39 is 11.6 Å². The Kier molecular flexibility index (Phi) is 3.64. The second kappa shape index (κ2) is 5.97. The molecule has 1 fully saturated rings. The maximum atomic E-state index is 13.6. The zero-order valence-corrected chi connectivity index (χ0v) is 13.0. The average Bonchev–Trinajstić information content (AvgIpc) is 3.03. The lowest BCUT2D eigenvalue weighted by molar-refractivity contribution is 0.252. The van der Waals surface area contributed by atoms with Gasteiger partial charge in [-0.15, -0.1) is 0 Å². The largest absolute Gasteiger partial charge is 0.340 e. The van der Waals surface area contributed by atoms with Crippen LogP contribution in [-0.2, 0) is 0 Å². The molecule has 1 aliphatic heterocycles. The van der Waals surface area contributed by atoms with Gasteiger partial charge in [0.2, 0.25) is 0 Å². The fraction of sp³-hybridized carbons (Fsp3) is 0.118. The molecule has 2 heterocycles. The molecule has 1 aliphatic rings. The predicted molar refractivity (Wildman–Crippen MR) is 89.9 cm³/mol. The lowest BCUT2D eigenvalue weighted by atomic mass is 10.2. The van der Waals surface area contributed by atoms with Crippen molar-refractivity contribution in [3.8, 4) is 0 Å². The highest BCUT2D eigenvalue weighted by molar-refractivity contribution is 5.95. The van der Waals surface area contributed by atoms with E-state index in [1.807, 2.05) is 6.07 Å². The van der Waals surface area contributed by atoms with Gasteiger partial charge in [0.1, 0.15) is 12.1 Å². The van der Waals surface area contributed by atoms with Gasteiger partial charge in [0.15, 0.2) is 11.6 Å². The number of hydrogen-bond donors (Lipinski definition) is 2. The first kappa shape index (κ1) is 15.3. The summed E-state index contributed by atoms with van der Waals surface area (Å²) in [5.74, 6) is -1.57. The lowest BCUT2D eigenvalue weighted by Crippen LogP contribution is -2.27. The number of carbonyl (C=O) groups excluding carboxylic acids is 1. The number of rotatable bonds is 3. The van der Waals surface area contributed by atoms with Crippen LogP contribution in [0.15, 0.2) is 42.7 Å². The summed E-state index contributed by atoms with van der Waals surface area (Å²) in [4.78, 5) is 21.5. The van der Waals surface area contributed by atoms with E-state index in [9.17, 15) is 13.6 Å². The van der Waals surface area contributed by atoms with Crippen LogP contribution in [0.5, 0.6) is 0 Å². The summed E-state index contributed by atoms with van der Waals surface area (Å²) in [6.07, 6.45) is 1.28. The molecular formula is C17H13F2N5O. The van der Waals surface area contributed by atoms with E-state index in [1.165, 1.54) is 6.33 Å². The van der Waals surface area contributed by atoms with Crippen LogP contribution >= 0.6 is 0 Å². The number of carbonyl (C=O) groups is 1. The first-order valence-electron chi connectivity index (χ1n) is 7.64. The summed E-state index contributed by atoms with van der Waals surface area (Å²) >= 11 is 0. The molecule has 0 unspecified atom stereocenters. The summed E-state index contributed by atoms with van der Waals surface area (Å²) in [6, 6.07) is 9.15. The second-order valence-electron chi connectivity index (χ2n) is 5.56. The number of anilines is 3. The molecule has 6 nitrogen and oxygen atoms in total. The summed E-state index contributed by atoms with van der Waals surface area (Å²) in [7, 11) is 0. The normalized spacial score (nSPS) is 14.0. The molecule has 4 rings (SSSR count). The average molecular weight is 341 g/mol. The zero-order valence-electron chi connectivity index (χ0n) is 13.0. The molecule has 126 valence electrons. The molecule has 0 spiro atoms. The number of nitrogens with zero attached hydrogens (tertiary/aromatic N) is 3. The van der Waals surface area contributed by atoms with Crippen LogP contribution in [-0.4, -0.2) is 29.1 Å². The Bertz CT molecular complexity index is 978. The van der Waals surface area contributed by atoms with Gasteiger partial charge in [0.05, 0.1) is 5.52 Å². The highest BCUT2D eigenvalue weighted by atomic mass is 19.2. The topological polar surface area (TPSA) is 70.2 Å². The highest BCUT2D eigenvalue weighted by Gasteiger charge is 2.21. The van der Waals surface area contributed by atoms with Gasteiger partial charge in [0.25, 0.3) is 0 Å². The number of amides is 2. The van der Waals surface area contributed by atoms with Gasteiger partial charge >= 0.3 is 6.03 Å². The van der Waals surface area contributed by atoms with Crippen molar-refractivity contribution in [2.75, 3.05) is 23.3 Å². The number of halogens is 2. The van der Waals surface area contributed by atoms with Crippen LogP contribution in [0.1, 0.15) is 0 Å².